The Kier molecular flexibility index (Phi) is 5.68. The van der Waals surface area contributed by atoms with Crippen molar-refractivity contribution < 1.29 is 18.0 Å². The van der Waals surface area contributed by atoms with E-state index in [0.29, 0.717) is 11.3 Å². The van der Waals surface area contributed by atoms with E-state index < -0.39 is 33.0 Å². The van der Waals surface area contributed by atoms with Gasteiger partial charge in [0.1, 0.15) is 11.5 Å². The molecule has 2 aromatic carbocycles. The Morgan fingerprint density at radius 2 is 1.52 bits per heavy atom. The molecular formula is C16H14BrNO4S. The van der Waals surface area contributed by atoms with Gasteiger partial charge in [-0.1, -0.05) is 46.3 Å². The van der Waals surface area contributed by atoms with Crippen molar-refractivity contribution in [2.45, 2.75) is 0 Å². The second-order valence-corrected chi connectivity index (χ2v) is 7.86. The van der Waals surface area contributed by atoms with E-state index in [1.807, 2.05) is 0 Å². The number of amides is 1. The van der Waals surface area contributed by atoms with E-state index in [-0.39, 0.29) is 0 Å². The molecule has 0 aliphatic heterocycles. The van der Waals surface area contributed by atoms with Gasteiger partial charge in [-0.15, -0.1) is 0 Å². The van der Waals surface area contributed by atoms with Crippen molar-refractivity contribution in [2.24, 2.45) is 0 Å². The second kappa shape index (κ2) is 7.52. The number of halogens is 1. The molecule has 2 rings (SSSR count). The first kappa shape index (κ1) is 17.4. The van der Waals surface area contributed by atoms with E-state index >= 15 is 0 Å². The number of nitrogens with one attached hydrogen (secondary N) is 1. The topological polar surface area (TPSA) is 80.3 Å². The first-order chi connectivity index (χ1) is 10.9. The Morgan fingerprint density at radius 3 is 2.13 bits per heavy atom. The summed E-state index contributed by atoms with van der Waals surface area (Å²) in [4.78, 5) is 23.8. The molecule has 7 heteroatoms. The van der Waals surface area contributed by atoms with Gasteiger partial charge in [0.15, 0.2) is 15.6 Å². The van der Waals surface area contributed by atoms with Gasteiger partial charge in [0.05, 0.1) is 0 Å². The van der Waals surface area contributed by atoms with Crippen LogP contribution in [0.1, 0.15) is 10.4 Å². The first-order valence-corrected chi connectivity index (χ1v) is 9.31. The maximum Gasteiger partial charge on any atom is 0.239 e. The summed E-state index contributed by atoms with van der Waals surface area (Å²) in [6, 6.07) is 14.9. The minimum Gasteiger partial charge on any atom is -0.325 e. The van der Waals surface area contributed by atoms with Crippen LogP contribution in [0, 0.1) is 0 Å². The average Bonchev–Trinajstić information content (AvgIpc) is 2.47. The fourth-order valence-electron chi connectivity index (χ4n) is 1.89. The Morgan fingerprint density at radius 1 is 0.913 bits per heavy atom. The van der Waals surface area contributed by atoms with Gasteiger partial charge in [-0.25, -0.2) is 8.42 Å². The number of para-hydroxylation sites is 1. The summed E-state index contributed by atoms with van der Waals surface area (Å²) < 4.78 is 24.8. The molecule has 0 heterocycles. The molecule has 120 valence electrons. The van der Waals surface area contributed by atoms with E-state index in [4.69, 9.17) is 0 Å². The van der Waals surface area contributed by atoms with Crippen LogP contribution >= 0.6 is 15.9 Å². The van der Waals surface area contributed by atoms with Crippen LogP contribution in [-0.2, 0) is 14.6 Å². The lowest BCUT2D eigenvalue weighted by Crippen LogP contribution is -2.27. The minimum atomic E-state index is -3.83. The lowest BCUT2D eigenvalue weighted by Gasteiger charge is -2.06. The van der Waals surface area contributed by atoms with Gasteiger partial charge >= 0.3 is 0 Å². The molecule has 0 saturated carbocycles. The molecule has 0 atom stereocenters. The largest absolute Gasteiger partial charge is 0.325 e. The maximum absolute atomic E-state index is 12.0. The number of sulfone groups is 1. The average molecular weight is 396 g/mol. The van der Waals surface area contributed by atoms with Crippen LogP contribution in [0.5, 0.6) is 0 Å². The number of hydrogen-bond acceptors (Lipinski definition) is 4. The fraction of sp³-hybridized carbons (Fsp3) is 0.125. The van der Waals surface area contributed by atoms with Crippen molar-refractivity contribution in [1.82, 2.24) is 0 Å². The van der Waals surface area contributed by atoms with Crippen LogP contribution in [0.4, 0.5) is 5.69 Å². The molecular weight excluding hydrogens is 382 g/mol. The summed E-state index contributed by atoms with van der Waals surface area (Å²) in [6.45, 7) is 0. The van der Waals surface area contributed by atoms with Crippen LogP contribution in [-0.4, -0.2) is 31.6 Å². The fourth-order valence-corrected chi connectivity index (χ4v) is 3.29. The summed E-state index contributed by atoms with van der Waals surface area (Å²) >= 11 is 3.24. The van der Waals surface area contributed by atoms with Crippen LogP contribution in [0.2, 0.25) is 0 Å². The zero-order valence-corrected chi connectivity index (χ0v) is 14.4. The SMILES string of the molecule is O=C(CS(=O)(=O)CC(=O)c1ccc(Br)cc1)Nc1ccccc1. The predicted molar refractivity (Wildman–Crippen MR) is 92.2 cm³/mol. The standard InChI is InChI=1S/C16H14BrNO4S/c17-13-8-6-12(7-9-13)15(19)10-23(21,22)11-16(20)18-14-4-2-1-3-5-14/h1-9H,10-11H2,(H,18,20). The molecule has 0 aromatic heterocycles. The minimum absolute atomic E-state index is 0.292. The highest BCUT2D eigenvalue weighted by Crippen LogP contribution is 2.12. The van der Waals surface area contributed by atoms with E-state index in [9.17, 15) is 18.0 Å². The smallest absolute Gasteiger partial charge is 0.239 e. The van der Waals surface area contributed by atoms with Gasteiger partial charge in [0.2, 0.25) is 5.91 Å². The summed E-state index contributed by atoms with van der Waals surface area (Å²) in [5.41, 5.74) is 0.798. The third-order valence-electron chi connectivity index (χ3n) is 2.93. The van der Waals surface area contributed by atoms with Gasteiger partial charge in [0.25, 0.3) is 0 Å². The summed E-state index contributed by atoms with van der Waals surface area (Å²) in [7, 11) is -3.83. The second-order valence-electron chi connectivity index (χ2n) is 4.88. The normalized spacial score (nSPS) is 11.0. The van der Waals surface area contributed by atoms with Crippen LogP contribution < -0.4 is 5.32 Å². The summed E-state index contributed by atoms with van der Waals surface area (Å²) in [6.07, 6.45) is 0. The number of ketones is 1. The lowest BCUT2D eigenvalue weighted by molar-refractivity contribution is -0.113. The zero-order chi connectivity index (χ0) is 16.9. The van der Waals surface area contributed by atoms with E-state index in [1.165, 1.54) is 12.1 Å². The van der Waals surface area contributed by atoms with Gasteiger partial charge in [-0.3, -0.25) is 9.59 Å². The van der Waals surface area contributed by atoms with Crippen molar-refractivity contribution >= 4 is 43.1 Å². The van der Waals surface area contributed by atoms with Gasteiger partial charge in [-0.2, -0.15) is 0 Å². The molecule has 5 nitrogen and oxygen atoms in total. The molecule has 0 spiro atoms. The highest BCUT2D eigenvalue weighted by molar-refractivity contribution is 9.10. The first-order valence-electron chi connectivity index (χ1n) is 6.70. The van der Waals surface area contributed by atoms with Gasteiger partial charge in [0, 0.05) is 15.7 Å². The number of benzene rings is 2. The van der Waals surface area contributed by atoms with Crippen molar-refractivity contribution in [1.29, 1.82) is 0 Å². The van der Waals surface area contributed by atoms with Gasteiger partial charge < -0.3 is 5.32 Å². The molecule has 0 aliphatic rings. The molecule has 0 fully saturated rings. The Labute approximate surface area is 142 Å². The third-order valence-corrected chi connectivity index (χ3v) is 4.86. The Bertz CT molecular complexity index is 802. The molecule has 0 bridgehead atoms. The van der Waals surface area contributed by atoms with E-state index in [1.54, 1.807) is 42.5 Å². The number of Topliss-reactive ketones (excluding diaryl/α,β-unsaturated/α-hetero) is 1. The summed E-state index contributed by atoms with van der Waals surface area (Å²) in [5, 5.41) is 2.48. The monoisotopic (exact) mass is 395 g/mol. The highest BCUT2D eigenvalue weighted by atomic mass is 79.9. The Hall–Kier alpha value is -1.99. The van der Waals surface area contributed by atoms with Crippen LogP contribution in [0.3, 0.4) is 0 Å². The summed E-state index contributed by atoms with van der Waals surface area (Å²) in [5.74, 6) is -2.63. The molecule has 0 unspecified atom stereocenters. The highest BCUT2D eigenvalue weighted by Gasteiger charge is 2.21. The van der Waals surface area contributed by atoms with Crippen molar-refractivity contribution in [3.8, 4) is 0 Å². The molecule has 0 saturated heterocycles. The predicted octanol–water partition coefficient (Wildman–Crippen LogP) is 2.69. The van der Waals surface area contributed by atoms with E-state index in [2.05, 4.69) is 21.2 Å². The molecule has 23 heavy (non-hydrogen) atoms. The van der Waals surface area contributed by atoms with Crippen molar-refractivity contribution in [2.75, 3.05) is 16.8 Å². The van der Waals surface area contributed by atoms with Crippen molar-refractivity contribution in [3.05, 3.63) is 64.6 Å². The molecule has 0 aliphatic carbocycles. The van der Waals surface area contributed by atoms with E-state index in [0.717, 1.165) is 4.47 Å². The van der Waals surface area contributed by atoms with Gasteiger partial charge in [-0.05, 0) is 24.3 Å². The number of anilines is 1. The van der Waals surface area contributed by atoms with Crippen LogP contribution in [0.25, 0.3) is 0 Å². The number of carbonyl (C=O) groups is 2. The molecule has 0 radical (unpaired) electrons. The quantitative estimate of drug-likeness (QED) is 0.762. The molecule has 1 amide bonds. The lowest BCUT2D eigenvalue weighted by atomic mass is 10.2. The third kappa shape index (κ3) is 5.61. The van der Waals surface area contributed by atoms with Crippen molar-refractivity contribution in [3.63, 3.8) is 0 Å². The maximum atomic E-state index is 12.0. The Balaban J connectivity index is 1.97. The molecule has 2 aromatic rings. The molecule has 1 N–H and O–H groups in total. The number of carbonyl (C=O) groups excluding carboxylic acids is 2. The zero-order valence-electron chi connectivity index (χ0n) is 12.0. The number of rotatable bonds is 6. The number of hydrogen-bond donors (Lipinski definition) is 1. The van der Waals surface area contributed by atoms with Crippen LogP contribution in [0.15, 0.2) is 59.1 Å².